The monoisotopic (exact) mass is 339 g/mol. The molecule has 6 rings (SSSR count). The quantitative estimate of drug-likeness (QED) is 0.899. The second kappa shape index (κ2) is 5.26. The van der Waals surface area contributed by atoms with Crippen LogP contribution in [-0.2, 0) is 0 Å². The Kier molecular flexibility index (Phi) is 3.22. The summed E-state index contributed by atoms with van der Waals surface area (Å²) in [5.41, 5.74) is 1.65. The highest BCUT2D eigenvalue weighted by Crippen LogP contribution is 2.55. The molecule has 4 saturated carbocycles. The number of ether oxygens (including phenoxy) is 1. The topological polar surface area (TPSA) is 51.5 Å². The fourth-order valence-corrected chi connectivity index (χ4v) is 6.10. The lowest BCUT2D eigenvalue weighted by Crippen LogP contribution is -2.59. The molecular formula is C21H25NO3. The van der Waals surface area contributed by atoms with E-state index in [0.29, 0.717) is 5.76 Å². The summed E-state index contributed by atoms with van der Waals surface area (Å²) >= 11 is 0. The van der Waals surface area contributed by atoms with Crippen molar-refractivity contribution in [3.63, 3.8) is 0 Å². The van der Waals surface area contributed by atoms with Crippen LogP contribution in [0.4, 0.5) is 0 Å². The number of carbonyl (C=O) groups excluding carboxylic acids is 1. The summed E-state index contributed by atoms with van der Waals surface area (Å²) in [4.78, 5) is 13.0. The van der Waals surface area contributed by atoms with Gasteiger partial charge in [-0.3, -0.25) is 4.79 Å². The summed E-state index contributed by atoms with van der Waals surface area (Å²) in [6.07, 6.45) is 7.57. The Labute approximate surface area is 147 Å². The average Bonchev–Trinajstić information content (AvgIpc) is 2.89. The summed E-state index contributed by atoms with van der Waals surface area (Å²) in [7, 11) is 1.65. The first kappa shape index (κ1) is 15.3. The fourth-order valence-electron chi connectivity index (χ4n) is 6.10. The summed E-state index contributed by atoms with van der Waals surface area (Å²) in [5.74, 6) is 3.63. The second-order valence-electron chi connectivity index (χ2n) is 8.57. The summed E-state index contributed by atoms with van der Waals surface area (Å²) < 4.78 is 11.2. The third-order valence-corrected chi connectivity index (χ3v) is 6.77. The van der Waals surface area contributed by atoms with Crippen molar-refractivity contribution in [2.45, 2.75) is 51.0 Å². The van der Waals surface area contributed by atoms with E-state index in [9.17, 15) is 4.79 Å². The van der Waals surface area contributed by atoms with Gasteiger partial charge < -0.3 is 14.5 Å². The molecule has 4 heteroatoms. The average molecular weight is 339 g/mol. The Morgan fingerprint density at radius 3 is 2.40 bits per heavy atom. The molecule has 0 atom stereocenters. The molecule has 0 aliphatic heterocycles. The number of furan rings is 1. The van der Waals surface area contributed by atoms with Crippen molar-refractivity contribution in [1.29, 1.82) is 0 Å². The van der Waals surface area contributed by atoms with Gasteiger partial charge in [0.15, 0.2) is 5.76 Å². The highest BCUT2D eigenvalue weighted by atomic mass is 16.5. The lowest BCUT2D eigenvalue weighted by molar-refractivity contribution is -0.0171. The van der Waals surface area contributed by atoms with E-state index in [2.05, 4.69) is 5.32 Å². The van der Waals surface area contributed by atoms with Crippen molar-refractivity contribution in [2.75, 3.05) is 7.11 Å². The highest BCUT2D eigenvalue weighted by Gasteiger charge is 2.51. The first-order chi connectivity index (χ1) is 12.0. The third kappa shape index (κ3) is 2.37. The molecular weight excluding hydrogens is 314 g/mol. The molecule has 1 heterocycles. The number of fused-ring (bicyclic) bond motifs is 1. The molecule has 4 nitrogen and oxygen atoms in total. The van der Waals surface area contributed by atoms with Gasteiger partial charge in [-0.1, -0.05) is 0 Å². The van der Waals surface area contributed by atoms with Crippen molar-refractivity contribution >= 4 is 16.9 Å². The van der Waals surface area contributed by atoms with E-state index < -0.39 is 0 Å². The van der Waals surface area contributed by atoms with Crippen LogP contribution in [0.1, 0.15) is 54.6 Å². The number of nitrogens with one attached hydrogen (secondary N) is 1. The third-order valence-electron chi connectivity index (χ3n) is 6.77. The molecule has 4 fully saturated rings. The van der Waals surface area contributed by atoms with Crippen molar-refractivity contribution in [1.82, 2.24) is 5.32 Å². The van der Waals surface area contributed by atoms with Gasteiger partial charge in [-0.25, -0.2) is 0 Å². The van der Waals surface area contributed by atoms with Gasteiger partial charge in [0, 0.05) is 16.5 Å². The van der Waals surface area contributed by atoms with Gasteiger partial charge in [-0.2, -0.15) is 0 Å². The molecule has 1 N–H and O–H groups in total. The van der Waals surface area contributed by atoms with Crippen molar-refractivity contribution < 1.29 is 13.9 Å². The minimum Gasteiger partial charge on any atom is -0.497 e. The van der Waals surface area contributed by atoms with Gasteiger partial charge in [-0.15, -0.1) is 0 Å². The van der Waals surface area contributed by atoms with E-state index in [0.717, 1.165) is 59.3 Å². The number of benzene rings is 1. The SMILES string of the molecule is COc1ccc2oc(C(=O)NC34CC5CC(CC(C5)C3)C4)c(C)c2c1. The largest absolute Gasteiger partial charge is 0.497 e. The Balaban J connectivity index is 1.45. The fraction of sp³-hybridized carbons (Fsp3) is 0.571. The molecule has 0 radical (unpaired) electrons. The van der Waals surface area contributed by atoms with Crippen LogP contribution in [0.25, 0.3) is 11.0 Å². The maximum atomic E-state index is 13.0. The minimum absolute atomic E-state index is 0.00887. The molecule has 4 aliphatic rings. The van der Waals surface area contributed by atoms with E-state index in [-0.39, 0.29) is 11.4 Å². The molecule has 0 spiro atoms. The maximum absolute atomic E-state index is 13.0. The highest BCUT2D eigenvalue weighted by molar-refractivity contribution is 5.99. The van der Waals surface area contributed by atoms with Gasteiger partial charge >= 0.3 is 0 Å². The van der Waals surface area contributed by atoms with Crippen LogP contribution in [0.5, 0.6) is 5.75 Å². The van der Waals surface area contributed by atoms with Gasteiger partial charge in [0.1, 0.15) is 11.3 Å². The van der Waals surface area contributed by atoms with E-state index in [1.807, 2.05) is 25.1 Å². The number of rotatable bonds is 3. The normalized spacial score (nSPS) is 33.0. The number of hydrogen-bond acceptors (Lipinski definition) is 3. The van der Waals surface area contributed by atoms with E-state index in [4.69, 9.17) is 9.15 Å². The number of aryl methyl sites for hydroxylation is 1. The zero-order valence-corrected chi connectivity index (χ0v) is 14.9. The smallest absolute Gasteiger partial charge is 0.287 e. The molecule has 0 saturated heterocycles. The Morgan fingerprint density at radius 1 is 1.16 bits per heavy atom. The first-order valence-electron chi connectivity index (χ1n) is 9.45. The van der Waals surface area contributed by atoms with Crippen molar-refractivity contribution in [2.24, 2.45) is 17.8 Å². The van der Waals surface area contributed by atoms with Crippen LogP contribution in [0.3, 0.4) is 0 Å². The summed E-state index contributed by atoms with van der Waals surface area (Å²) in [6.45, 7) is 1.96. The van der Waals surface area contributed by atoms with E-state index in [1.165, 1.54) is 19.3 Å². The van der Waals surface area contributed by atoms with Gasteiger partial charge in [-0.05, 0) is 81.4 Å². The summed E-state index contributed by atoms with van der Waals surface area (Å²) in [6, 6.07) is 5.68. The molecule has 2 aromatic rings. The van der Waals surface area contributed by atoms with Gasteiger partial charge in [0.25, 0.3) is 5.91 Å². The lowest BCUT2D eigenvalue weighted by atomic mass is 9.53. The number of carbonyl (C=O) groups is 1. The summed E-state index contributed by atoms with van der Waals surface area (Å²) in [5, 5.41) is 4.36. The first-order valence-corrected chi connectivity index (χ1v) is 9.45. The predicted molar refractivity (Wildman–Crippen MR) is 95.9 cm³/mol. The number of hydrogen-bond donors (Lipinski definition) is 1. The molecule has 1 aromatic heterocycles. The predicted octanol–water partition coefficient (Wildman–Crippen LogP) is 4.45. The van der Waals surface area contributed by atoms with Crippen LogP contribution >= 0.6 is 0 Å². The molecule has 4 bridgehead atoms. The molecule has 0 unspecified atom stereocenters. The maximum Gasteiger partial charge on any atom is 0.287 e. The lowest BCUT2D eigenvalue weighted by Gasteiger charge is -2.56. The zero-order valence-electron chi connectivity index (χ0n) is 14.9. The van der Waals surface area contributed by atoms with E-state index in [1.54, 1.807) is 7.11 Å². The molecule has 4 aliphatic carbocycles. The van der Waals surface area contributed by atoms with Crippen LogP contribution in [-0.4, -0.2) is 18.6 Å². The Bertz CT molecular complexity index is 815. The molecule has 1 amide bonds. The van der Waals surface area contributed by atoms with Crippen LogP contribution in [0, 0.1) is 24.7 Å². The standard InChI is InChI=1S/C21H25NO3/c1-12-17-8-16(24-2)3-4-18(17)25-19(12)20(23)22-21-9-13-5-14(10-21)7-15(6-13)11-21/h3-4,8,13-15H,5-7,9-11H2,1-2H3,(H,22,23). The molecule has 132 valence electrons. The van der Waals surface area contributed by atoms with Crippen molar-refractivity contribution in [3.8, 4) is 5.75 Å². The van der Waals surface area contributed by atoms with Crippen LogP contribution in [0.2, 0.25) is 0 Å². The second-order valence-corrected chi connectivity index (χ2v) is 8.57. The minimum atomic E-state index is -0.0467. The van der Waals surface area contributed by atoms with Gasteiger partial charge in [0.2, 0.25) is 0 Å². The molecule has 1 aromatic carbocycles. The van der Waals surface area contributed by atoms with Crippen molar-refractivity contribution in [3.05, 3.63) is 29.5 Å². The zero-order chi connectivity index (χ0) is 17.2. The van der Waals surface area contributed by atoms with Gasteiger partial charge in [0.05, 0.1) is 7.11 Å². The van der Waals surface area contributed by atoms with E-state index >= 15 is 0 Å². The molecule has 25 heavy (non-hydrogen) atoms. The van der Waals surface area contributed by atoms with Crippen LogP contribution in [0.15, 0.2) is 22.6 Å². The van der Waals surface area contributed by atoms with Crippen LogP contribution < -0.4 is 10.1 Å². The number of amides is 1. The Morgan fingerprint density at radius 2 is 1.80 bits per heavy atom. The number of methoxy groups -OCH3 is 1. The Hall–Kier alpha value is -1.97.